The summed E-state index contributed by atoms with van der Waals surface area (Å²) in [6.45, 7) is 5.83. The predicted molar refractivity (Wildman–Crippen MR) is 141 cm³/mol. The Bertz CT molecular complexity index is 1580. The average molecular weight is 478 g/mol. The maximum absolute atomic E-state index is 13.1. The van der Waals surface area contributed by atoms with E-state index < -0.39 is 0 Å². The molecule has 5 aromatic heterocycles. The van der Waals surface area contributed by atoms with E-state index in [-0.39, 0.29) is 12.2 Å². The van der Waals surface area contributed by atoms with E-state index in [1.54, 1.807) is 18.5 Å². The van der Waals surface area contributed by atoms with E-state index in [0.717, 1.165) is 76.4 Å². The number of piperazine rings is 1. The molecule has 6 rings (SSSR count). The fourth-order valence-corrected chi connectivity index (χ4v) is 4.70. The SMILES string of the molecule is Cc1cc2ncc(-c3cnc4cnc(CC(=O)c5ccnc(N6CCN(C)CC6)c5)cc4c3)cc2[nH]1. The second-order valence-electron chi connectivity index (χ2n) is 9.49. The zero-order valence-electron chi connectivity index (χ0n) is 20.4. The van der Waals surface area contributed by atoms with E-state index in [2.05, 4.69) is 53.9 Å². The lowest BCUT2D eigenvalue weighted by Gasteiger charge is -2.33. The van der Waals surface area contributed by atoms with Gasteiger partial charge >= 0.3 is 0 Å². The molecule has 6 heterocycles. The minimum Gasteiger partial charge on any atom is -0.357 e. The Hall–Kier alpha value is -4.17. The quantitative estimate of drug-likeness (QED) is 0.382. The summed E-state index contributed by atoms with van der Waals surface area (Å²) < 4.78 is 0. The number of hydrogen-bond acceptors (Lipinski definition) is 7. The summed E-state index contributed by atoms with van der Waals surface area (Å²) in [5.74, 6) is 0.887. The van der Waals surface area contributed by atoms with E-state index in [4.69, 9.17) is 0 Å². The van der Waals surface area contributed by atoms with Crippen molar-refractivity contribution in [1.29, 1.82) is 0 Å². The fourth-order valence-electron chi connectivity index (χ4n) is 4.70. The molecule has 1 fully saturated rings. The molecule has 0 atom stereocenters. The van der Waals surface area contributed by atoms with Gasteiger partial charge in [-0.3, -0.25) is 19.7 Å². The highest BCUT2D eigenvalue weighted by molar-refractivity contribution is 5.98. The molecule has 180 valence electrons. The van der Waals surface area contributed by atoms with Crippen LogP contribution in [0.15, 0.2) is 61.2 Å². The summed E-state index contributed by atoms with van der Waals surface area (Å²) in [5.41, 5.74) is 7.16. The summed E-state index contributed by atoms with van der Waals surface area (Å²) in [4.78, 5) is 39.2. The lowest BCUT2D eigenvalue weighted by molar-refractivity contribution is 0.0992. The summed E-state index contributed by atoms with van der Waals surface area (Å²) in [7, 11) is 2.12. The number of pyridine rings is 4. The molecule has 0 aliphatic carbocycles. The third-order valence-corrected chi connectivity index (χ3v) is 6.80. The standard InChI is InChI=1S/C28H27N7O/c1-18-9-24-25(33-18)12-22(16-31-24)21-10-20-11-23(30-17-26(20)32-15-21)14-27(36)19-3-4-29-28(13-19)35-7-5-34(2)6-8-35/h3-4,9-13,15-17,33H,5-8,14H2,1-2H3. The molecule has 0 radical (unpaired) electrons. The van der Waals surface area contributed by atoms with E-state index in [1.165, 1.54) is 0 Å². The van der Waals surface area contributed by atoms with Gasteiger partial charge in [-0.2, -0.15) is 0 Å². The van der Waals surface area contributed by atoms with Crippen molar-refractivity contribution in [3.05, 3.63) is 78.1 Å². The number of hydrogen-bond donors (Lipinski definition) is 1. The highest BCUT2D eigenvalue weighted by atomic mass is 16.1. The third-order valence-electron chi connectivity index (χ3n) is 6.80. The molecule has 0 amide bonds. The van der Waals surface area contributed by atoms with Crippen molar-refractivity contribution in [3.63, 3.8) is 0 Å². The first-order valence-corrected chi connectivity index (χ1v) is 12.1. The van der Waals surface area contributed by atoms with Crippen LogP contribution in [0.1, 0.15) is 21.7 Å². The molecule has 0 unspecified atom stereocenters. The van der Waals surface area contributed by atoms with Crippen LogP contribution in [0.25, 0.3) is 33.1 Å². The number of ketones is 1. The molecule has 0 bridgehead atoms. The van der Waals surface area contributed by atoms with Crippen molar-refractivity contribution >= 4 is 33.5 Å². The third kappa shape index (κ3) is 4.43. The van der Waals surface area contributed by atoms with Crippen LogP contribution in [0, 0.1) is 6.92 Å². The van der Waals surface area contributed by atoms with Crippen LogP contribution < -0.4 is 4.90 Å². The van der Waals surface area contributed by atoms with Gasteiger partial charge in [0.1, 0.15) is 5.82 Å². The first-order valence-electron chi connectivity index (χ1n) is 12.1. The van der Waals surface area contributed by atoms with E-state index in [0.29, 0.717) is 5.56 Å². The van der Waals surface area contributed by atoms with Gasteiger partial charge in [0.05, 0.1) is 29.2 Å². The van der Waals surface area contributed by atoms with Crippen LogP contribution in [0.5, 0.6) is 0 Å². The van der Waals surface area contributed by atoms with E-state index in [1.807, 2.05) is 37.5 Å². The average Bonchev–Trinajstić information content (AvgIpc) is 3.28. The van der Waals surface area contributed by atoms with Crippen molar-refractivity contribution in [2.45, 2.75) is 13.3 Å². The van der Waals surface area contributed by atoms with Gasteiger partial charge in [0, 0.05) is 78.2 Å². The molecule has 0 saturated carbocycles. The summed E-state index contributed by atoms with van der Waals surface area (Å²) in [6, 6.07) is 11.8. The van der Waals surface area contributed by atoms with Crippen molar-refractivity contribution in [3.8, 4) is 11.1 Å². The normalized spacial score (nSPS) is 14.6. The molecule has 0 aromatic carbocycles. The second-order valence-corrected chi connectivity index (χ2v) is 9.49. The van der Waals surface area contributed by atoms with Crippen LogP contribution in [-0.4, -0.2) is 68.8 Å². The smallest absolute Gasteiger partial charge is 0.169 e. The number of fused-ring (bicyclic) bond motifs is 2. The Morgan fingerprint density at radius 1 is 0.889 bits per heavy atom. The van der Waals surface area contributed by atoms with Crippen molar-refractivity contribution in [1.82, 2.24) is 29.8 Å². The number of nitrogens with zero attached hydrogens (tertiary/aromatic N) is 6. The number of carbonyl (C=O) groups is 1. The van der Waals surface area contributed by atoms with Gasteiger partial charge in [-0.1, -0.05) is 0 Å². The van der Waals surface area contributed by atoms with Crippen LogP contribution in [0.4, 0.5) is 5.82 Å². The fraction of sp³-hybridized carbons (Fsp3) is 0.250. The topological polar surface area (TPSA) is 90.9 Å². The van der Waals surface area contributed by atoms with Gasteiger partial charge in [0.2, 0.25) is 0 Å². The Balaban J connectivity index is 1.24. The number of likely N-dealkylation sites (N-methyl/N-ethyl adjacent to an activating group) is 1. The van der Waals surface area contributed by atoms with Crippen LogP contribution in [0.3, 0.4) is 0 Å². The first kappa shape index (κ1) is 22.3. The molecule has 0 spiro atoms. The minimum absolute atomic E-state index is 0.0282. The molecular weight excluding hydrogens is 450 g/mol. The Kier molecular flexibility index (Phi) is 5.65. The molecule has 8 heteroatoms. The lowest BCUT2D eigenvalue weighted by Crippen LogP contribution is -2.44. The van der Waals surface area contributed by atoms with Crippen LogP contribution in [0.2, 0.25) is 0 Å². The molecule has 5 aromatic rings. The first-order chi connectivity index (χ1) is 17.5. The van der Waals surface area contributed by atoms with Crippen LogP contribution >= 0.6 is 0 Å². The van der Waals surface area contributed by atoms with Gasteiger partial charge in [0.15, 0.2) is 5.78 Å². The highest BCUT2D eigenvalue weighted by Gasteiger charge is 2.17. The molecule has 36 heavy (non-hydrogen) atoms. The number of anilines is 1. The van der Waals surface area contributed by atoms with Crippen LogP contribution in [-0.2, 0) is 6.42 Å². The van der Waals surface area contributed by atoms with Gasteiger partial charge in [0.25, 0.3) is 0 Å². The van der Waals surface area contributed by atoms with Crippen molar-refractivity contribution in [2.24, 2.45) is 0 Å². The number of nitrogens with one attached hydrogen (secondary N) is 1. The van der Waals surface area contributed by atoms with Gasteiger partial charge in [-0.05, 0) is 50.4 Å². The maximum atomic E-state index is 13.1. The molecule has 8 nitrogen and oxygen atoms in total. The van der Waals surface area contributed by atoms with E-state index in [9.17, 15) is 4.79 Å². The number of aryl methyl sites for hydroxylation is 1. The van der Waals surface area contributed by atoms with Crippen molar-refractivity contribution in [2.75, 3.05) is 38.1 Å². The molecule has 1 N–H and O–H groups in total. The number of aromatic nitrogens is 5. The number of rotatable bonds is 5. The van der Waals surface area contributed by atoms with Gasteiger partial charge in [-0.25, -0.2) is 4.98 Å². The Morgan fingerprint density at radius 3 is 2.50 bits per heavy atom. The largest absolute Gasteiger partial charge is 0.357 e. The monoisotopic (exact) mass is 477 g/mol. The number of carbonyl (C=O) groups excluding carboxylic acids is 1. The molecule has 1 aliphatic heterocycles. The molecular formula is C28H27N7O. The number of aromatic amines is 1. The highest BCUT2D eigenvalue weighted by Crippen LogP contribution is 2.25. The Morgan fingerprint density at radius 2 is 1.67 bits per heavy atom. The summed E-state index contributed by atoms with van der Waals surface area (Å²) >= 11 is 0. The number of Topliss-reactive ketones (excluding diaryl/α,β-unsaturated/α-hetero) is 1. The number of H-pyrrole nitrogens is 1. The molecule has 1 aliphatic rings. The van der Waals surface area contributed by atoms with Gasteiger partial charge < -0.3 is 14.8 Å². The second kappa shape index (κ2) is 9.13. The summed E-state index contributed by atoms with van der Waals surface area (Å²) in [5, 5.41) is 0.945. The maximum Gasteiger partial charge on any atom is 0.169 e. The minimum atomic E-state index is 0.0282. The van der Waals surface area contributed by atoms with Crippen molar-refractivity contribution < 1.29 is 4.79 Å². The van der Waals surface area contributed by atoms with Gasteiger partial charge in [-0.15, -0.1) is 0 Å². The zero-order valence-corrected chi connectivity index (χ0v) is 20.4. The zero-order chi connectivity index (χ0) is 24.6. The van der Waals surface area contributed by atoms with E-state index >= 15 is 0 Å². The predicted octanol–water partition coefficient (Wildman–Crippen LogP) is 4.05. The summed E-state index contributed by atoms with van der Waals surface area (Å²) in [6.07, 6.45) is 7.39. The Labute approximate surface area is 209 Å². The molecule has 1 saturated heterocycles. The lowest BCUT2D eigenvalue weighted by atomic mass is 10.0.